The first kappa shape index (κ1) is 12.3. The summed E-state index contributed by atoms with van der Waals surface area (Å²) in [6.45, 7) is 1.90. The van der Waals surface area contributed by atoms with Crippen molar-refractivity contribution in [3.05, 3.63) is 46.1 Å². The minimum Gasteiger partial charge on any atom is -0.250 e. The second-order valence-electron chi connectivity index (χ2n) is 4.03. The Morgan fingerprint density at radius 1 is 0.842 bits per heavy atom. The topological polar surface area (TPSA) is 51.6 Å². The van der Waals surface area contributed by atoms with Gasteiger partial charge in [-0.1, -0.05) is 29.3 Å². The molecule has 0 spiro atoms. The molecule has 0 saturated heterocycles. The molecular formula is C13H8Cl2N4. The fourth-order valence-electron chi connectivity index (χ4n) is 1.73. The van der Waals surface area contributed by atoms with Gasteiger partial charge in [0.15, 0.2) is 0 Å². The van der Waals surface area contributed by atoms with Crippen molar-refractivity contribution < 1.29 is 0 Å². The van der Waals surface area contributed by atoms with Gasteiger partial charge in [-0.15, -0.1) is 10.2 Å². The summed E-state index contributed by atoms with van der Waals surface area (Å²) in [7, 11) is 0. The summed E-state index contributed by atoms with van der Waals surface area (Å²) in [5, 5.41) is 9.10. The van der Waals surface area contributed by atoms with E-state index in [1.807, 2.05) is 25.1 Å². The molecule has 94 valence electrons. The average molecular weight is 291 g/mol. The summed E-state index contributed by atoms with van der Waals surface area (Å²) in [5.74, 6) is 0.431. The second kappa shape index (κ2) is 4.72. The number of aryl methyl sites for hydroxylation is 1. The zero-order valence-electron chi connectivity index (χ0n) is 9.93. The van der Waals surface area contributed by atoms with Crippen molar-refractivity contribution in [1.82, 2.24) is 20.2 Å². The lowest BCUT2D eigenvalue weighted by Gasteiger charge is -2.03. The van der Waals surface area contributed by atoms with E-state index in [4.69, 9.17) is 23.2 Å². The lowest BCUT2D eigenvalue weighted by molar-refractivity contribution is 1.01. The van der Waals surface area contributed by atoms with E-state index in [9.17, 15) is 0 Å². The lowest BCUT2D eigenvalue weighted by Crippen LogP contribution is -1.97. The van der Waals surface area contributed by atoms with Crippen LogP contribution in [0.5, 0.6) is 0 Å². The molecular weight excluding hydrogens is 283 g/mol. The molecule has 1 aromatic carbocycles. The minimum absolute atomic E-state index is 0.431. The number of hydrogen-bond donors (Lipinski definition) is 0. The Hall–Kier alpha value is -1.78. The third-order valence-corrected chi connectivity index (χ3v) is 3.24. The Balaban J connectivity index is 2.25. The molecule has 6 heteroatoms. The normalized spacial score (nSPS) is 10.9. The number of benzene rings is 1. The molecule has 0 radical (unpaired) electrons. The van der Waals surface area contributed by atoms with E-state index in [0.717, 1.165) is 5.69 Å². The highest BCUT2D eigenvalue weighted by Crippen LogP contribution is 2.27. The van der Waals surface area contributed by atoms with Gasteiger partial charge in [-0.3, -0.25) is 0 Å². The fraction of sp³-hybridized carbons (Fsp3) is 0.0769. The van der Waals surface area contributed by atoms with E-state index in [2.05, 4.69) is 20.2 Å². The van der Waals surface area contributed by atoms with E-state index >= 15 is 0 Å². The van der Waals surface area contributed by atoms with E-state index < -0.39 is 0 Å². The van der Waals surface area contributed by atoms with Crippen LogP contribution < -0.4 is 0 Å². The molecule has 0 unspecified atom stereocenters. The van der Waals surface area contributed by atoms with Crippen molar-refractivity contribution in [3.8, 4) is 11.5 Å². The quantitative estimate of drug-likeness (QED) is 0.686. The Morgan fingerprint density at radius 3 is 2.32 bits per heavy atom. The van der Waals surface area contributed by atoms with Gasteiger partial charge in [0.25, 0.3) is 0 Å². The molecule has 0 saturated carbocycles. The highest BCUT2D eigenvalue weighted by atomic mass is 35.5. The first-order valence-electron chi connectivity index (χ1n) is 5.57. The van der Waals surface area contributed by atoms with Gasteiger partial charge < -0.3 is 0 Å². The van der Waals surface area contributed by atoms with Gasteiger partial charge in [-0.2, -0.15) is 0 Å². The molecule has 19 heavy (non-hydrogen) atoms. The van der Waals surface area contributed by atoms with Crippen molar-refractivity contribution in [2.75, 3.05) is 0 Å². The first-order valence-corrected chi connectivity index (χ1v) is 6.33. The molecule has 0 aliphatic carbocycles. The summed E-state index contributed by atoms with van der Waals surface area (Å²) in [4.78, 5) is 8.76. The van der Waals surface area contributed by atoms with Crippen molar-refractivity contribution in [2.45, 2.75) is 6.92 Å². The third-order valence-electron chi connectivity index (χ3n) is 2.63. The Bertz CT molecular complexity index is 774. The number of hydrogen-bond acceptors (Lipinski definition) is 4. The smallest absolute Gasteiger partial charge is 0.201 e. The minimum atomic E-state index is 0.431. The summed E-state index contributed by atoms with van der Waals surface area (Å²) >= 11 is 12.1. The van der Waals surface area contributed by atoms with E-state index in [-0.39, 0.29) is 0 Å². The zero-order chi connectivity index (χ0) is 13.4. The summed E-state index contributed by atoms with van der Waals surface area (Å²) in [5.41, 5.74) is 2.57. The van der Waals surface area contributed by atoms with Gasteiger partial charge in [-0.25, -0.2) is 9.97 Å². The van der Waals surface area contributed by atoms with Crippen LogP contribution in [-0.2, 0) is 0 Å². The molecule has 0 aliphatic heterocycles. The predicted molar refractivity (Wildman–Crippen MR) is 75.3 cm³/mol. The molecule has 3 aromatic rings. The molecule has 0 amide bonds. The van der Waals surface area contributed by atoms with Crippen LogP contribution in [0.3, 0.4) is 0 Å². The number of halogens is 2. The summed E-state index contributed by atoms with van der Waals surface area (Å²) in [6.07, 6.45) is 0. The largest absolute Gasteiger partial charge is 0.250 e. The number of fused-ring (bicyclic) bond motifs is 1. The van der Waals surface area contributed by atoms with Crippen molar-refractivity contribution >= 4 is 34.2 Å². The monoisotopic (exact) mass is 290 g/mol. The molecule has 0 N–H and O–H groups in total. The van der Waals surface area contributed by atoms with Crippen LogP contribution in [-0.4, -0.2) is 20.2 Å². The number of nitrogens with zero attached hydrogens (tertiary/aromatic N) is 4. The van der Waals surface area contributed by atoms with Crippen LogP contribution in [0.2, 0.25) is 10.0 Å². The molecule has 0 aliphatic rings. The van der Waals surface area contributed by atoms with Crippen LogP contribution in [0.4, 0.5) is 0 Å². The maximum atomic E-state index is 6.11. The maximum Gasteiger partial charge on any atom is 0.201 e. The standard InChI is InChI=1S/C13H8Cl2N4/c1-7-3-2-4-10(16-7)13-17-11-8(14)5-6-9(15)12(11)18-19-13/h2-6H,1H3. The molecule has 2 aromatic heterocycles. The van der Waals surface area contributed by atoms with Crippen LogP contribution in [0.15, 0.2) is 30.3 Å². The molecule has 0 bridgehead atoms. The SMILES string of the molecule is Cc1cccc(-c2nnc3c(Cl)ccc(Cl)c3n2)n1. The summed E-state index contributed by atoms with van der Waals surface area (Å²) < 4.78 is 0. The first-order chi connectivity index (χ1) is 9.15. The van der Waals surface area contributed by atoms with Crippen molar-refractivity contribution in [2.24, 2.45) is 0 Å². The van der Waals surface area contributed by atoms with Crippen LogP contribution in [0, 0.1) is 6.92 Å². The highest BCUT2D eigenvalue weighted by molar-refractivity contribution is 6.39. The van der Waals surface area contributed by atoms with Gasteiger partial charge in [-0.05, 0) is 31.2 Å². The molecule has 4 nitrogen and oxygen atoms in total. The van der Waals surface area contributed by atoms with Crippen LogP contribution in [0.1, 0.15) is 5.69 Å². The van der Waals surface area contributed by atoms with E-state index in [1.54, 1.807) is 12.1 Å². The van der Waals surface area contributed by atoms with Gasteiger partial charge in [0.1, 0.15) is 16.7 Å². The number of aromatic nitrogens is 4. The molecule has 0 atom stereocenters. The molecule has 0 fully saturated rings. The van der Waals surface area contributed by atoms with Gasteiger partial charge in [0.2, 0.25) is 5.82 Å². The molecule has 2 heterocycles. The zero-order valence-corrected chi connectivity index (χ0v) is 11.4. The van der Waals surface area contributed by atoms with E-state index in [0.29, 0.717) is 32.6 Å². The predicted octanol–water partition coefficient (Wildman–Crippen LogP) is 3.70. The Morgan fingerprint density at radius 2 is 1.58 bits per heavy atom. The third kappa shape index (κ3) is 2.25. The Kier molecular flexibility index (Phi) is 3.05. The summed E-state index contributed by atoms with van der Waals surface area (Å²) in [6, 6.07) is 8.99. The number of pyridine rings is 1. The Labute approximate surface area is 119 Å². The average Bonchev–Trinajstić information content (AvgIpc) is 2.43. The highest BCUT2D eigenvalue weighted by Gasteiger charge is 2.11. The van der Waals surface area contributed by atoms with E-state index in [1.165, 1.54) is 0 Å². The van der Waals surface area contributed by atoms with Crippen LogP contribution >= 0.6 is 23.2 Å². The van der Waals surface area contributed by atoms with Crippen LogP contribution in [0.25, 0.3) is 22.6 Å². The fourth-order valence-corrected chi connectivity index (χ4v) is 2.12. The second-order valence-corrected chi connectivity index (χ2v) is 4.84. The maximum absolute atomic E-state index is 6.11. The van der Waals surface area contributed by atoms with Gasteiger partial charge >= 0.3 is 0 Å². The van der Waals surface area contributed by atoms with Gasteiger partial charge in [0, 0.05) is 5.69 Å². The van der Waals surface area contributed by atoms with Crippen molar-refractivity contribution in [3.63, 3.8) is 0 Å². The lowest BCUT2D eigenvalue weighted by atomic mass is 10.3. The molecule has 3 rings (SSSR count). The van der Waals surface area contributed by atoms with Crippen molar-refractivity contribution in [1.29, 1.82) is 0 Å². The number of rotatable bonds is 1. The van der Waals surface area contributed by atoms with Gasteiger partial charge in [0.05, 0.1) is 10.0 Å².